The molecular formula is C25H31FN2S. The van der Waals surface area contributed by atoms with Crippen molar-refractivity contribution in [3.8, 4) is 12.3 Å². The zero-order valence-corrected chi connectivity index (χ0v) is 19.2. The van der Waals surface area contributed by atoms with Crippen LogP contribution in [0.15, 0.2) is 59.6 Å². The van der Waals surface area contributed by atoms with Crippen LogP contribution in [0.5, 0.6) is 0 Å². The molecule has 4 heteroatoms. The molecule has 0 spiro atoms. The van der Waals surface area contributed by atoms with Crippen molar-refractivity contribution in [1.29, 1.82) is 0 Å². The summed E-state index contributed by atoms with van der Waals surface area (Å²) in [4.78, 5) is 7.79. The molecule has 0 saturated carbocycles. The third-order valence-electron chi connectivity index (χ3n) is 4.71. The number of thioether (sulfide) groups is 1. The van der Waals surface area contributed by atoms with Crippen LogP contribution in [0, 0.1) is 17.8 Å². The maximum absolute atomic E-state index is 14.2. The lowest BCUT2D eigenvalue weighted by Crippen LogP contribution is -2.20. The number of hydrogen-bond donors (Lipinski definition) is 0. The van der Waals surface area contributed by atoms with E-state index in [9.17, 15) is 4.39 Å². The van der Waals surface area contributed by atoms with Gasteiger partial charge in [0.05, 0.1) is 5.69 Å². The molecule has 29 heavy (non-hydrogen) atoms. The van der Waals surface area contributed by atoms with Gasteiger partial charge in [-0.05, 0) is 81.7 Å². The molecule has 1 aliphatic heterocycles. The Morgan fingerprint density at radius 2 is 2.07 bits per heavy atom. The number of hydrogen-bond acceptors (Lipinski definition) is 3. The van der Waals surface area contributed by atoms with Crippen LogP contribution in [0.2, 0.25) is 0 Å². The molecule has 1 aromatic rings. The Hall–Kier alpha value is -2.25. The second-order valence-corrected chi connectivity index (χ2v) is 9.73. The topological polar surface area (TPSA) is 16.1 Å². The van der Waals surface area contributed by atoms with Crippen molar-refractivity contribution >= 4 is 17.3 Å². The fourth-order valence-electron chi connectivity index (χ4n) is 3.03. The highest BCUT2D eigenvalue weighted by molar-refractivity contribution is 7.99. The van der Waals surface area contributed by atoms with E-state index in [-0.39, 0.29) is 5.41 Å². The number of terminal acetylenes is 1. The van der Waals surface area contributed by atoms with Crippen LogP contribution < -0.4 is 0 Å². The van der Waals surface area contributed by atoms with Gasteiger partial charge in [0.25, 0.3) is 0 Å². The number of halogens is 1. The minimum absolute atomic E-state index is 0.202. The smallest absolute Gasteiger partial charge is 0.130 e. The number of nitrogens with zero attached hydrogens (tertiary/aromatic N) is 2. The minimum atomic E-state index is -1.39. The first kappa shape index (κ1) is 23.0. The van der Waals surface area contributed by atoms with Crippen LogP contribution >= 0.6 is 11.8 Å². The van der Waals surface area contributed by atoms with E-state index in [2.05, 4.69) is 39.3 Å². The van der Waals surface area contributed by atoms with Crippen LogP contribution in [-0.2, 0) is 6.42 Å². The number of rotatable bonds is 7. The Kier molecular flexibility index (Phi) is 7.19. The number of alkyl halides is 1. The van der Waals surface area contributed by atoms with Crippen molar-refractivity contribution in [2.75, 3.05) is 5.75 Å². The van der Waals surface area contributed by atoms with Crippen LogP contribution in [0.4, 0.5) is 4.39 Å². The van der Waals surface area contributed by atoms with E-state index in [0.717, 1.165) is 39.6 Å². The van der Waals surface area contributed by atoms with Crippen molar-refractivity contribution in [1.82, 2.24) is 9.88 Å². The molecule has 1 aromatic heterocycles. The summed E-state index contributed by atoms with van der Waals surface area (Å²) in [7, 11) is 0. The summed E-state index contributed by atoms with van der Waals surface area (Å²) in [6.07, 6.45) is 15.8. The van der Waals surface area contributed by atoms with Gasteiger partial charge in [-0.25, -0.2) is 4.39 Å². The molecule has 2 heterocycles. The van der Waals surface area contributed by atoms with Gasteiger partial charge in [0.15, 0.2) is 0 Å². The number of pyridine rings is 1. The molecule has 0 saturated heterocycles. The number of aromatic nitrogens is 1. The average Bonchev–Trinajstić information content (AvgIpc) is 2.62. The highest BCUT2D eigenvalue weighted by Crippen LogP contribution is 2.32. The highest BCUT2D eigenvalue weighted by atomic mass is 32.2. The summed E-state index contributed by atoms with van der Waals surface area (Å²) < 4.78 is 14.2. The molecule has 154 valence electrons. The highest BCUT2D eigenvalue weighted by Gasteiger charge is 2.23. The SMILES string of the molecule is C#CC(C)(C)Cc1cnc(/C(C)=C/N2C=CC(C(C)(C)F)=CC2=C)c(SCC)c1. The predicted octanol–water partition coefficient (Wildman–Crippen LogP) is 6.77. The lowest BCUT2D eigenvalue weighted by atomic mass is 9.87. The summed E-state index contributed by atoms with van der Waals surface area (Å²) >= 11 is 1.77. The molecule has 0 bridgehead atoms. The lowest BCUT2D eigenvalue weighted by molar-refractivity contribution is 0.272. The van der Waals surface area contributed by atoms with Gasteiger partial charge in [0.2, 0.25) is 0 Å². The molecule has 2 rings (SSSR count). The molecule has 0 fully saturated rings. The van der Waals surface area contributed by atoms with Gasteiger partial charge in [-0.15, -0.1) is 24.1 Å². The van der Waals surface area contributed by atoms with Crippen LogP contribution in [0.25, 0.3) is 5.57 Å². The second-order valence-electron chi connectivity index (χ2n) is 8.43. The van der Waals surface area contributed by atoms with Gasteiger partial charge in [0, 0.05) is 34.6 Å². The summed E-state index contributed by atoms with van der Waals surface area (Å²) in [6.45, 7) is 15.5. The maximum Gasteiger partial charge on any atom is 0.130 e. The molecule has 0 aromatic carbocycles. The summed E-state index contributed by atoms with van der Waals surface area (Å²) in [5.41, 5.74) is 2.86. The molecule has 1 aliphatic rings. The van der Waals surface area contributed by atoms with Gasteiger partial charge < -0.3 is 4.90 Å². The largest absolute Gasteiger partial charge is 0.324 e. The fourth-order valence-corrected chi connectivity index (χ4v) is 3.92. The predicted molar refractivity (Wildman–Crippen MR) is 124 cm³/mol. The average molecular weight is 411 g/mol. The van der Waals surface area contributed by atoms with E-state index in [1.54, 1.807) is 37.8 Å². The van der Waals surface area contributed by atoms with E-state index in [1.807, 2.05) is 30.4 Å². The quantitative estimate of drug-likeness (QED) is 0.364. The Labute approximate surface area is 179 Å². The second kappa shape index (κ2) is 9.05. The Morgan fingerprint density at radius 3 is 2.62 bits per heavy atom. The first-order chi connectivity index (χ1) is 13.5. The van der Waals surface area contributed by atoms with Crippen molar-refractivity contribution in [3.63, 3.8) is 0 Å². The zero-order chi connectivity index (χ0) is 21.8. The first-order valence-corrected chi connectivity index (χ1v) is 10.8. The van der Waals surface area contributed by atoms with Crippen molar-refractivity contribution in [2.24, 2.45) is 5.41 Å². The molecule has 0 atom stereocenters. The third kappa shape index (κ3) is 6.11. The van der Waals surface area contributed by atoms with Gasteiger partial charge in [-0.2, -0.15) is 0 Å². The van der Waals surface area contributed by atoms with Crippen LogP contribution in [0.3, 0.4) is 0 Å². The van der Waals surface area contributed by atoms with Gasteiger partial charge in [0.1, 0.15) is 5.67 Å². The van der Waals surface area contributed by atoms with E-state index in [1.165, 1.54) is 0 Å². The zero-order valence-electron chi connectivity index (χ0n) is 18.3. The minimum Gasteiger partial charge on any atom is -0.324 e. The van der Waals surface area contributed by atoms with Gasteiger partial charge in [-0.1, -0.05) is 13.5 Å². The Balaban J connectivity index is 2.32. The summed E-state index contributed by atoms with van der Waals surface area (Å²) in [5.74, 6) is 3.81. The van der Waals surface area contributed by atoms with Crippen LogP contribution in [-0.4, -0.2) is 21.3 Å². The Morgan fingerprint density at radius 1 is 1.38 bits per heavy atom. The van der Waals surface area contributed by atoms with E-state index < -0.39 is 5.67 Å². The maximum atomic E-state index is 14.2. The molecule has 0 aliphatic carbocycles. The number of allylic oxidation sites excluding steroid dienone is 4. The van der Waals surface area contributed by atoms with Crippen molar-refractivity contribution in [3.05, 3.63) is 65.9 Å². The van der Waals surface area contributed by atoms with Crippen LogP contribution in [0.1, 0.15) is 52.8 Å². The molecule has 2 nitrogen and oxygen atoms in total. The van der Waals surface area contributed by atoms with Crippen molar-refractivity contribution < 1.29 is 4.39 Å². The molecule has 0 amide bonds. The van der Waals surface area contributed by atoms with E-state index in [0.29, 0.717) is 5.57 Å². The Bertz CT molecular complexity index is 908. The summed E-state index contributed by atoms with van der Waals surface area (Å²) in [5, 5.41) is 0. The molecular weight excluding hydrogens is 379 g/mol. The monoisotopic (exact) mass is 410 g/mol. The lowest BCUT2D eigenvalue weighted by Gasteiger charge is -2.26. The van der Waals surface area contributed by atoms with Gasteiger partial charge >= 0.3 is 0 Å². The van der Waals surface area contributed by atoms with Crippen molar-refractivity contribution in [2.45, 2.75) is 58.5 Å². The first-order valence-electron chi connectivity index (χ1n) is 9.81. The van der Waals surface area contributed by atoms with Gasteiger partial charge in [-0.3, -0.25) is 4.98 Å². The molecule has 0 N–H and O–H groups in total. The third-order valence-corrected chi connectivity index (χ3v) is 5.62. The summed E-state index contributed by atoms with van der Waals surface area (Å²) in [6, 6.07) is 2.19. The van der Waals surface area contributed by atoms with E-state index >= 15 is 0 Å². The normalized spacial score (nSPS) is 15.4. The fraction of sp³-hybridized carbons (Fsp3) is 0.400. The standard InChI is InChI=1S/C25H31FN2S/c1-9-24(5,6)15-20-14-22(29-10-2)23(27-16-20)18(3)17-28-12-11-21(13-19(28)4)25(7,8)26/h1,11-14,16-17H,4,10,15H2,2-3,5-8H3/b18-17+. The van der Waals surface area contributed by atoms with E-state index in [4.69, 9.17) is 11.4 Å². The molecule has 0 unspecified atom stereocenters. The molecule has 0 radical (unpaired) electrons.